The largest absolute Gasteiger partial charge is 0.497 e. The number of nitrogens with zero attached hydrogens (tertiary/aromatic N) is 2. The molecule has 1 fully saturated rings. The first-order chi connectivity index (χ1) is 17.8. The van der Waals surface area contributed by atoms with E-state index in [0.717, 1.165) is 18.6 Å². The number of halogens is 3. The van der Waals surface area contributed by atoms with Gasteiger partial charge in [-0.3, -0.25) is 14.7 Å². The molecule has 2 aromatic carbocycles. The van der Waals surface area contributed by atoms with Crippen LogP contribution in [0.4, 0.5) is 13.2 Å². The van der Waals surface area contributed by atoms with Crippen LogP contribution in [0.5, 0.6) is 5.75 Å². The molecule has 0 bridgehead atoms. The summed E-state index contributed by atoms with van der Waals surface area (Å²) < 4.78 is 47.2. The highest BCUT2D eigenvalue weighted by Gasteiger charge is 2.31. The number of aliphatic carboxylic acids is 1. The van der Waals surface area contributed by atoms with Crippen molar-refractivity contribution >= 4 is 16.9 Å². The third kappa shape index (κ3) is 6.80. The number of alkyl halides is 1. The number of fused-ring (bicyclic) bond motifs is 1. The van der Waals surface area contributed by atoms with Crippen LogP contribution in [0.3, 0.4) is 0 Å². The number of aromatic nitrogens is 1. The minimum atomic E-state index is -1.21. The first-order valence-electron chi connectivity index (χ1n) is 12.3. The Balaban J connectivity index is 1.39. The van der Waals surface area contributed by atoms with Gasteiger partial charge in [-0.15, -0.1) is 0 Å². The highest BCUT2D eigenvalue weighted by molar-refractivity contribution is 5.83. The number of carboxylic acid groups (broad SMARTS) is 1. The molecule has 0 aliphatic carbocycles. The number of hydrogen-bond donors (Lipinski definition) is 1. The summed E-state index contributed by atoms with van der Waals surface area (Å²) in [4.78, 5) is 17.9. The van der Waals surface area contributed by atoms with Gasteiger partial charge in [-0.2, -0.15) is 0 Å². The zero-order valence-electron chi connectivity index (χ0n) is 20.6. The zero-order chi connectivity index (χ0) is 26.4. The highest BCUT2D eigenvalue weighted by atomic mass is 19.2. The first kappa shape index (κ1) is 26.5. The van der Waals surface area contributed by atoms with E-state index >= 15 is 4.39 Å². The van der Waals surface area contributed by atoms with E-state index in [1.807, 2.05) is 0 Å². The molecule has 1 N–H and O–H groups in total. The molecule has 5 nitrogen and oxygen atoms in total. The van der Waals surface area contributed by atoms with Crippen molar-refractivity contribution in [3.63, 3.8) is 0 Å². The Morgan fingerprint density at radius 1 is 1.19 bits per heavy atom. The van der Waals surface area contributed by atoms with Gasteiger partial charge in [-0.1, -0.05) is 11.8 Å². The SMILES string of the molecule is COc1ccc2nccc(C(F)CC[C@@H]3CCN(CC#Cc4ccc(F)c(F)c4)C[C@@H]3CC(=O)O)c2c1. The number of carbonyl (C=O) groups is 1. The molecule has 1 aliphatic heterocycles. The summed E-state index contributed by atoms with van der Waals surface area (Å²) >= 11 is 0. The summed E-state index contributed by atoms with van der Waals surface area (Å²) in [6, 6.07) is 10.6. The van der Waals surface area contributed by atoms with Crippen molar-refractivity contribution in [1.29, 1.82) is 0 Å². The summed E-state index contributed by atoms with van der Waals surface area (Å²) in [5.74, 6) is 3.64. The van der Waals surface area contributed by atoms with Gasteiger partial charge in [0.2, 0.25) is 0 Å². The number of piperidine rings is 1. The molecule has 37 heavy (non-hydrogen) atoms. The molecule has 0 spiro atoms. The quantitative estimate of drug-likeness (QED) is 0.390. The van der Waals surface area contributed by atoms with Gasteiger partial charge in [-0.25, -0.2) is 13.2 Å². The molecule has 1 saturated heterocycles. The Labute approximate surface area is 214 Å². The van der Waals surface area contributed by atoms with Gasteiger partial charge < -0.3 is 9.84 Å². The fourth-order valence-electron chi connectivity index (χ4n) is 5.03. The summed E-state index contributed by atoms with van der Waals surface area (Å²) in [5.41, 5.74) is 1.64. The van der Waals surface area contributed by atoms with E-state index in [4.69, 9.17) is 4.74 Å². The maximum Gasteiger partial charge on any atom is 0.303 e. The minimum Gasteiger partial charge on any atom is -0.497 e. The van der Waals surface area contributed by atoms with Gasteiger partial charge in [0.1, 0.15) is 11.9 Å². The molecular weight excluding hydrogens is 481 g/mol. The van der Waals surface area contributed by atoms with E-state index in [0.29, 0.717) is 53.8 Å². The molecule has 4 rings (SSSR count). The molecule has 8 heteroatoms. The van der Waals surface area contributed by atoms with Crippen LogP contribution in [0.25, 0.3) is 10.9 Å². The van der Waals surface area contributed by atoms with Crippen molar-refractivity contribution < 1.29 is 27.8 Å². The summed E-state index contributed by atoms with van der Waals surface area (Å²) in [6.07, 6.45) is 1.99. The van der Waals surface area contributed by atoms with Gasteiger partial charge in [0.25, 0.3) is 0 Å². The minimum absolute atomic E-state index is 0.00407. The van der Waals surface area contributed by atoms with Crippen LogP contribution in [0.2, 0.25) is 0 Å². The van der Waals surface area contributed by atoms with Gasteiger partial charge in [0.15, 0.2) is 11.6 Å². The molecule has 1 aliphatic rings. The van der Waals surface area contributed by atoms with E-state index in [9.17, 15) is 18.7 Å². The lowest BCUT2D eigenvalue weighted by Crippen LogP contribution is -2.41. The Hall–Kier alpha value is -3.57. The lowest BCUT2D eigenvalue weighted by Gasteiger charge is -2.37. The summed E-state index contributed by atoms with van der Waals surface area (Å²) in [7, 11) is 1.56. The Morgan fingerprint density at radius 3 is 2.78 bits per heavy atom. The summed E-state index contributed by atoms with van der Waals surface area (Å²) in [6.45, 7) is 1.63. The summed E-state index contributed by atoms with van der Waals surface area (Å²) in [5, 5.41) is 10.2. The van der Waals surface area contributed by atoms with E-state index < -0.39 is 23.8 Å². The molecule has 0 amide bonds. The molecule has 2 heterocycles. The molecule has 0 radical (unpaired) electrons. The maximum absolute atomic E-state index is 15.4. The number of methoxy groups -OCH3 is 1. The lowest BCUT2D eigenvalue weighted by molar-refractivity contribution is -0.139. The number of pyridine rings is 1. The monoisotopic (exact) mass is 510 g/mol. The van der Waals surface area contributed by atoms with Crippen LogP contribution < -0.4 is 4.74 Å². The maximum atomic E-state index is 15.4. The van der Waals surface area contributed by atoms with Crippen LogP contribution in [0.1, 0.15) is 43.0 Å². The number of likely N-dealkylation sites (tertiary alicyclic amines) is 1. The molecule has 194 valence electrons. The number of carboxylic acids is 1. The predicted octanol–water partition coefficient (Wildman–Crippen LogP) is 5.78. The fourth-order valence-corrected chi connectivity index (χ4v) is 5.03. The molecule has 1 unspecified atom stereocenters. The normalized spacial score (nSPS) is 18.7. The van der Waals surface area contributed by atoms with E-state index in [1.54, 1.807) is 37.6 Å². The second-order valence-electron chi connectivity index (χ2n) is 9.40. The van der Waals surface area contributed by atoms with Gasteiger partial charge in [0.05, 0.1) is 19.2 Å². The van der Waals surface area contributed by atoms with Gasteiger partial charge >= 0.3 is 5.97 Å². The number of benzene rings is 2. The van der Waals surface area contributed by atoms with Crippen LogP contribution in [-0.4, -0.2) is 47.7 Å². The average Bonchev–Trinajstić information content (AvgIpc) is 2.89. The zero-order valence-corrected chi connectivity index (χ0v) is 20.6. The van der Waals surface area contributed by atoms with Crippen LogP contribution in [0.15, 0.2) is 48.7 Å². The highest BCUT2D eigenvalue weighted by Crippen LogP contribution is 2.36. The molecule has 3 aromatic rings. The molecule has 3 atom stereocenters. The smallest absolute Gasteiger partial charge is 0.303 e. The van der Waals surface area contributed by atoms with Gasteiger partial charge in [-0.05, 0) is 85.7 Å². The molecule has 1 aromatic heterocycles. The van der Waals surface area contributed by atoms with Crippen LogP contribution >= 0.6 is 0 Å². The van der Waals surface area contributed by atoms with Crippen molar-refractivity contribution in [2.24, 2.45) is 11.8 Å². The van der Waals surface area contributed by atoms with E-state index in [1.165, 1.54) is 6.07 Å². The fraction of sp³-hybridized carbons (Fsp3) is 0.379. The van der Waals surface area contributed by atoms with E-state index in [-0.39, 0.29) is 24.7 Å². The average molecular weight is 511 g/mol. The second-order valence-corrected chi connectivity index (χ2v) is 9.40. The Kier molecular flexibility index (Phi) is 8.67. The van der Waals surface area contributed by atoms with Crippen molar-refractivity contribution in [2.75, 3.05) is 26.7 Å². The predicted molar refractivity (Wildman–Crippen MR) is 135 cm³/mol. The molecule has 0 saturated carbocycles. The Morgan fingerprint density at radius 2 is 2.03 bits per heavy atom. The van der Waals surface area contributed by atoms with Crippen molar-refractivity contribution in [3.8, 4) is 17.6 Å². The Bertz CT molecular complexity index is 1320. The van der Waals surface area contributed by atoms with Gasteiger partial charge in [0, 0.05) is 30.1 Å². The number of hydrogen-bond acceptors (Lipinski definition) is 4. The third-order valence-corrected chi connectivity index (χ3v) is 6.98. The van der Waals surface area contributed by atoms with E-state index in [2.05, 4.69) is 21.7 Å². The topological polar surface area (TPSA) is 62.7 Å². The standard InChI is InChI=1S/C29H29F3N2O3/c1-37-22-6-9-28-24(17-22)23(10-12-33-28)25(30)8-5-20-11-14-34(18-21(20)16-29(35)36)13-2-3-19-4-7-26(31)27(32)15-19/h4,6-7,9-10,12,15,17,20-21,25H,5,8,11,13-14,16,18H2,1H3,(H,35,36)/t20-,21+,25?/m1/s1. The van der Waals surface area contributed by atoms with Crippen molar-refractivity contribution in [3.05, 3.63) is 71.4 Å². The number of rotatable bonds is 8. The van der Waals surface area contributed by atoms with Crippen molar-refractivity contribution in [2.45, 2.75) is 31.9 Å². The third-order valence-electron chi connectivity index (χ3n) is 6.98. The number of ether oxygens (including phenoxy) is 1. The second kappa shape index (κ2) is 12.1. The van der Waals surface area contributed by atoms with Crippen molar-refractivity contribution in [1.82, 2.24) is 9.88 Å². The van der Waals surface area contributed by atoms with Crippen LogP contribution in [0, 0.1) is 35.3 Å². The lowest BCUT2D eigenvalue weighted by atomic mass is 9.79. The van der Waals surface area contributed by atoms with Crippen LogP contribution in [-0.2, 0) is 4.79 Å². The molecular formula is C29H29F3N2O3. The first-order valence-corrected chi connectivity index (χ1v) is 12.3.